The zero-order chi connectivity index (χ0) is 15.2. The lowest BCUT2D eigenvalue weighted by Crippen LogP contribution is -2.31. The van der Waals surface area contributed by atoms with Crippen LogP contribution in [0, 0.1) is 10.1 Å². The average molecular weight is 295 g/mol. The van der Waals surface area contributed by atoms with Crippen molar-refractivity contribution in [2.24, 2.45) is 0 Å². The molecule has 2 rings (SSSR count). The van der Waals surface area contributed by atoms with Gasteiger partial charge in [0, 0.05) is 26.2 Å². The van der Waals surface area contributed by atoms with Gasteiger partial charge in [-0.1, -0.05) is 6.92 Å². The predicted octanol–water partition coefficient (Wildman–Crippen LogP) is 1.82. The maximum absolute atomic E-state index is 11.2. The first kappa shape index (κ1) is 15.4. The van der Waals surface area contributed by atoms with Crippen molar-refractivity contribution in [3.05, 3.63) is 16.3 Å². The fraction of sp³-hybridized carbons (Fsp3) is 0.692. The van der Waals surface area contributed by atoms with Crippen LogP contribution < -0.4 is 10.2 Å². The molecule has 1 unspecified atom stereocenters. The lowest BCUT2D eigenvalue weighted by Gasteiger charge is -2.23. The lowest BCUT2D eigenvalue weighted by atomic mass is 10.3. The molecule has 1 aliphatic heterocycles. The molecular formula is C13H21N5O3. The van der Waals surface area contributed by atoms with Crippen LogP contribution in [0.15, 0.2) is 6.20 Å². The first-order valence-corrected chi connectivity index (χ1v) is 7.23. The number of anilines is 2. The summed E-state index contributed by atoms with van der Waals surface area (Å²) >= 11 is 0. The van der Waals surface area contributed by atoms with Gasteiger partial charge in [-0.3, -0.25) is 10.1 Å². The monoisotopic (exact) mass is 295 g/mol. The number of nitro groups is 1. The van der Waals surface area contributed by atoms with Crippen LogP contribution in [0.3, 0.4) is 0 Å². The van der Waals surface area contributed by atoms with E-state index in [1.165, 1.54) is 6.20 Å². The maximum atomic E-state index is 11.2. The summed E-state index contributed by atoms with van der Waals surface area (Å²) in [6.45, 7) is 6.67. The summed E-state index contributed by atoms with van der Waals surface area (Å²) in [6, 6.07) is 0. The molecule has 0 amide bonds. The molecule has 0 bridgehead atoms. The highest BCUT2D eigenvalue weighted by molar-refractivity contribution is 5.59. The molecular weight excluding hydrogens is 274 g/mol. The van der Waals surface area contributed by atoms with Gasteiger partial charge in [0.25, 0.3) is 0 Å². The van der Waals surface area contributed by atoms with E-state index in [2.05, 4.69) is 15.3 Å². The summed E-state index contributed by atoms with van der Waals surface area (Å²) < 4.78 is 5.58. The number of rotatable bonds is 5. The molecule has 1 aromatic rings. The second-order valence-corrected chi connectivity index (χ2v) is 5.07. The predicted molar refractivity (Wildman–Crippen MR) is 79.7 cm³/mol. The maximum Gasteiger partial charge on any atom is 0.329 e. The molecule has 0 radical (unpaired) electrons. The van der Waals surface area contributed by atoms with E-state index in [0.717, 1.165) is 19.4 Å². The molecule has 1 atom stereocenters. The Kier molecular flexibility index (Phi) is 5.26. The quantitative estimate of drug-likeness (QED) is 0.654. The van der Waals surface area contributed by atoms with Crippen molar-refractivity contribution in [3.63, 3.8) is 0 Å². The Labute approximate surface area is 123 Å². The van der Waals surface area contributed by atoms with Crippen LogP contribution in [0.25, 0.3) is 0 Å². The normalized spacial score (nSPS) is 19.1. The van der Waals surface area contributed by atoms with Crippen molar-refractivity contribution in [1.29, 1.82) is 0 Å². The molecule has 2 heterocycles. The summed E-state index contributed by atoms with van der Waals surface area (Å²) in [7, 11) is 0. The van der Waals surface area contributed by atoms with E-state index in [-0.39, 0.29) is 11.8 Å². The van der Waals surface area contributed by atoms with Crippen LogP contribution >= 0.6 is 0 Å². The molecule has 8 nitrogen and oxygen atoms in total. The van der Waals surface area contributed by atoms with Crippen molar-refractivity contribution < 1.29 is 9.66 Å². The Balaban J connectivity index is 2.30. The van der Waals surface area contributed by atoms with Gasteiger partial charge in [-0.05, 0) is 19.8 Å². The van der Waals surface area contributed by atoms with Gasteiger partial charge >= 0.3 is 5.69 Å². The van der Waals surface area contributed by atoms with Crippen LogP contribution in [0.2, 0.25) is 0 Å². The van der Waals surface area contributed by atoms with E-state index in [4.69, 9.17) is 4.74 Å². The van der Waals surface area contributed by atoms with Crippen molar-refractivity contribution in [2.45, 2.75) is 32.8 Å². The molecule has 1 saturated heterocycles. The minimum Gasteiger partial charge on any atom is -0.377 e. The molecule has 1 fully saturated rings. The van der Waals surface area contributed by atoms with Crippen LogP contribution in [0.5, 0.6) is 0 Å². The number of aromatic nitrogens is 2. The van der Waals surface area contributed by atoms with E-state index in [1.807, 2.05) is 18.7 Å². The third-order valence-corrected chi connectivity index (χ3v) is 3.23. The second kappa shape index (κ2) is 7.16. The van der Waals surface area contributed by atoms with Crippen LogP contribution in [0.4, 0.5) is 17.5 Å². The smallest absolute Gasteiger partial charge is 0.329 e. The van der Waals surface area contributed by atoms with Crippen LogP contribution in [-0.2, 0) is 4.74 Å². The largest absolute Gasteiger partial charge is 0.377 e. The number of hydrogen-bond donors (Lipinski definition) is 1. The molecule has 1 aliphatic rings. The van der Waals surface area contributed by atoms with Gasteiger partial charge in [-0.25, -0.2) is 4.98 Å². The van der Waals surface area contributed by atoms with Crippen molar-refractivity contribution >= 4 is 17.5 Å². The highest BCUT2D eigenvalue weighted by Gasteiger charge is 2.25. The Bertz CT molecular complexity index is 497. The lowest BCUT2D eigenvalue weighted by molar-refractivity contribution is -0.384. The van der Waals surface area contributed by atoms with Gasteiger partial charge in [0.15, 0.2) is 0 Å². The van der Waals surface area contributed by atoms with Gasteiger partial charge in [0.2, 0.25) is 11.8 Å². The third kappa shape index (κ3) is 4.01. The van der Waals surface area contributed by atoms with Crippen molar-refractivity contribution in [1.82, 2.24) is 9.97 Å². The Morgan fingerprint density at radius 2 is 2.43 bits per heavy atom. The third-order valence-electron chi connectivity index (χ3n) is 3.23. The molecule has 1 aromatic heterocycles. The first-order chi connectivity index (χ1) is 10.1. The Morgan fingerprint density at radius 1 is 1.62 bits per heavy atom. The van der Waals surface area contributed by atoms with E-state index >= 15 is 0 Å². The van der Waals surface area contributed by atoms with E-state index in [1.54, 1.807) is 0 Å². The SMILES string of the molecule is CCCNc1ncc([N+](=O)[O-])c(N2CCCOC(C)C2)n1. The Hall–Kier alpha value is -1.96. The fourth-order valence-corrected chi connectivity index (χ4v) is 2.24. The highest BCUT2D eigenvalue weighted by Crippen LogP contribution is 2.27. The number of ether oxygens (including phenoxy) is 1. The van der Waals surface area contributed by atoms with Crippen LogP contribution in [-0.4, -0.2) is 47.2 Å². The minimum atomic E-state index is -0.435. The van der Waals surface area contributed by atoms with Crippen molar-refractivity contribution in [3.8, 4) is 0 Å². The topological polar surface area (TPSA) is 93.4 Å². The molecule has 0 spiro atoms. The number of nitrogens with zero attached hydrogens (tertiary/aromatic N) is 4. The fourth-order valence-electron chi connectivity index (χ4n) is 2.24. The first-order valence-electron chi connectivity index (χ1n) is 7.23. The molecule has 21 heavy (non-hydrogen) atoms. The van der Waals surface area contributed by atoms with Crippen molar-refractivity contribution in [2.75, 3.05) is 36.5 Å². The second-order valence-electron chi connectivity index (χ2n) is 5.07. The van der Waals surface area contributed by atoms with E-state index in [0.29, 0.717) is 31.5 Å². The summed E-state index contributed by atoms with van der Waals surface area (Å²) in [4.78, 5) is 21.0. The summed E-state index contributed by atoms with van der Waals surface area (Å²) in [5, 5.41) is 14.3. The number of nitrogens with one attached hydrogen (secondary N) is 1. The zero-order valence-corrected chi connectivity index (χ0v) is 12.4. The molecule has 0 saturated carbocycles. The van der Waals surface area contributed by atoms with E-state index in [9.17, 15) is 10.1 Å². The minimum absolute atomic E-state index is 0.0223. The molecule has 116 valence electrons. The Morgan fingerprint density at radius 3 is 3.14 bits per heavy atom. The van der Waals surface area contributed by atoms with Gasteiger partial charge in [-0.2, -0.15) is 4.98 Å². The molecule has 0 aliphatic carbocycles. The summed E-state index contributed by atoms with van der Waals surface area (Å²) in [5.74, 6) is 0.793. The van der Waals surface area contributed by atoms with Gasteiger partial charge in [0.1, 0.15) is 6.20 Å². The average Bonchev–Trinajstić information content (AvgIpc) is 2.69. The number of hydrogen-bond acceptors (Lipinski definition) is 7. The van der Waals surface area contributed by atoms with Gasteiger partial charge in [0.05, 0.1) is 11.0 Å². The highest BCUT2D eigenvalue weighted by atomic mass is 16.6. The van der Waals surface area contributed by atoms with Gasteiger partial charge < -0.3 is 15.0 Å². The zero-order valence-electron chi connectivity index (χ0n) is 12.4. The van der Waals surface area contributed by atoms with Crippen LogP contribution in [0.1, 0.15) is 26.7 Å². The van der Waals surface area contributed by atoms with Gasteiger partial charge in [-0.15, -0.1) is 0 Å². The molecule has 1 N–H and O–H groups in total. The molecule has 0 aromatic carbocycles. The molecule has 8 heteroatoms. The standard InChI is InChI=1S/C13H21N5O3/c1-3-5-14-13-15-8-11(18(19)20)12(16-13)17-6-4-7-21-10(2)9-17/h8,10H,3-7,9H2,1-2H3,(H,14,15,16). The van der Waals surface area contributed by atoms with E-state index < -0.39 is 4.92 Å². The summed E-state index contributed by atoms with van der Waals surface area (Å²) in [6.07, 6.45) is 3.05. The summed E-state index contributed by atoms with van der Waals surface area (Å²) in [5.41, 5.74) is -0.0638.